The SMILES string of the molecule is Cc1nc2ccccc2n1C1CN(c2ncccc2Br)C1. The number of aryl methyl sites for hydroxylation is 1. The van der Waals surface area contributed by atoms with Gasteiger partial charge in [-0.15, -0.1) is 0 Å². The minimum atomic E-state index is 0.464. The molecule has 0 N–H and O–H groups in total. The maximum absolute atomic E-state index is 4.65. The van der Waals surface area contributed by atoms with Gasteiger partial charge >= 0.3 is 0 Å². The van der Waals surface area contributed by atoms with E-state index in [-0.39, 0.29) is 0 Å². The fraction of sp³-hybridized carbons (Fsp3) is 0.250. The van der Waals surface area contributed by atoms with Gasteiger partial charge in [0.1, 0.15) is 11.6 Å². The molecule has 106 valence electrons. The van der Waals surface area contributed by atoms with E-state index in [1.165, 1.54) is 5.52 Å². The van der Waals surface area contributed by atoms with Crippen molar-refractivity contribution in [1.29, 1.82) is 0 Å². The summed E-state index contributed by atoms with van der Waals surface area (Å²) >= 11 is 3.57. The molecular weight excluding hydrogens is 328 g/mol. The Morgan fingerprint density at radius 1 is 1.14 bits per heavy atom. The van der Waals surface area contributed by atoms with Gasteiger partial charge in [0.05, 0.1) is 21.5 Å². The van der Waals surface area contributed by atoms with Gasteiger partial charge in [-0.1, -0.05) is 12.1 Å². The predicted octanol–water partition coefficient (Wildman–Crippen LogP) is 3.56. The van der Waals surface area contributed by atoms with Gasteiger partial charge in [-0.3, -0.25) is 0 Å². The van der Waals surface area contributed by atoms with Crippen molar-refractivity contribution in [2.45, 2.75) is 13.0 Å². The molecule has 4 nitrogen and oxygen atoms in total. The number of anilines is 1. The van der Waals surface area contributed by atoms with Gasteiger partial charge in [-0.25, -0.2) is 9.97 Å². The number of para-hydroxylation sites is 2. The van der Waals surface area contributed by atoms with E-state index in [0.29, 0.717) is 6.04 Å². The number of fused-ring (bicyclic) bond motifs is 1. The Morgan fingerprint density at radius 2 is 1.95 bits per heavy atom. The summed E-state index contributed by atoms with van der Waals surface area (Å²) in [5.74, 6) is 2.11. The molecule has 0 saturated carbocycles. The Morgan fingerprint density at radius 3 is 2.76 bits per heavy atom. The van der Waals surface area contributed by atoms with Crippen LogP contribution in [0.15, 0.2) is 47.1 Å². The molecule has 0 aliphatic carbocycles. The predicted molar refractivity (Wildman–Crippen MR) is 87.7 cm³/mol. The first-order valence-electron chi connectivity index (χ1n) is 7.03. The first-order valence-corrected chi connectivity index (χ1v) is 7.82. The van der Waals surface area contributed by atoms with E-state index in [2.05, 4.69) is 60.5 Å². The van der Waals surface area contributed by atoms with Gasteiger partial charge in [-0.05, 0) is 47.1 Å². The van der Waals surface area contributed by atoms with Gasteiger partial charge in [0.2, 0.25) is 0 Å². The van der Waals surface area contributed by atoms with Crippen LogP contribution in [0.4, 0.5) is 5.82 Å². The summed E-state index contributed by atoms with van der Waals surface area (Å²) in [5.41, 5.74) is 2.30. The van der Waals surface area contributed by atoms with Gasteiger partial charge in [0.15, 0.2) is 0 Å². The van der Waals surface area contributed by atoms with Crippen LogP contribution in [0.2, 0.25) is 0 Å². The lowest BCUT2D eigenvalue weighted by Gasteiger charge is -2.41. The molecule has 2 aromatic heterocycles. The molecule has 4 rings (SSSR count). The zero-order valence-corrected chi connectivity index (χ0v) is 13.3. The van der Waals surface area contributed by atoms with E-state index in [4.69, 9.17) is 0 Å². The molecule has 1 aliphatic rings. The second-order valence-electron chi connectivity index (χ2n) is 5.39. The third-order valence-corrected chi connectivity index (χ3v) is 4.66. The molecule has 1 aliphatic heterocycles. The standard InChI is InChI=1S/C16H15BrN4/c1-11-19-14-6-2-3-7-15(14)21(11)12-9-20(10-12)16-13(17)5-4-8-18-16/h2-8,12H,9-10H2,1H3. The summed E-state index contributed by atoms with van der Waals surface area (Å²) < 4.78 is 3.40. The Labute approximate surface area is 131 Å². The average molecular weight is 343 g/mol. The van der Waals surface area contributed by atoms with Crippen molar-refractivity contribution in [3.05, 3.63) is 52.9 Å². The van der Waals surface area contributed by atoms with E-state index in [0.717, 1.165) is 34.7 Å². The zero-order valence-electron chi connectivity index (χ0n) is 11.7. The Kier molecular flexibility index (Phi) is 2.96. The number of rotatable bonds is 2. The fourth-order valence-corrected chi connectivity index (χ4v) is 3.53. The Balaban J connectivity index is 1.63. The molecule has 0 bridgehead atoms. The first kappa shape index (κ1) is 12.8. The number of benzene rings is 1. The summed E-state index contributed by atoms with van der Waals surface area (Å²) in [6.07, 6.45) is 1.84. The van der Waals surface area contributed by atoms with Crippen molar-refractivity contribution >= 4 is 32.8 Å². The van der Waals surface area contributed by atoms with Crippen LogP contribution in [0.5, 0.6) is 0 Å². The van der Waals surface area contributed by atoms with Crippen molar-refractivity contribution in [3.63, 3.8) is 0 Å². The largest absolute Gasteiger partial charge is 0.351 e. The smallest absolute Gasteiger partial charge is 0.142 e. The van der Waals surface area contributed by atoms with Gasteiger partial charge in [-0.2, -0.15) is 0 Å². The highest BCUT2D eigenvalue weighted by Crippen LogP contribution is 2.33. The van der Waals surface area contributed by atoms with Crippen LogP contribution < -0.4 is 4.90 Å². The lowest BCUT2D eigenvalue weighted by Crippen LogP contribution is -2.48. The lowest BCUT2D eigenvalue weighted by atomic mass is 10.1. The van der Waals surface area contributed by atoms with Gasteiger partial charge in [0, 0.05) is 19.3 Å². The van der Waals surface area contributed by atoms with Crippen molar-refractivity contribution in [1.82, 2.24) is 14.5 Å². The number of pyridine rings is 1. The summed E-state index contributed by atoms with van der Waals surface area (Å²) in [7, 11) is 0. The van der Waals surface area contributed by atoms with Gasteiger partial charge in [0.25, 0.3) is 0 Å². The second-order valence-corrected chi connectivity index (χ2v) is 6.24. The zero-order chi connectivity index (χ0) is 14.4. The summed E-state index contributed by atoms with van der Waals surface area (Å²) in [6.45, 7) is 4.02. The average Bonchev–Trinajstić information content (AvgIpc) is 2.76. The molecule has 0 unspecified atom stereocenters. The number of halogens is 1. The minimum absolute atomic E-state index is 0.464. The van der Waals surface area contributed by atoms with Crippen LogP contribution in [0, 0.1) is 6.92 Å². The minimum Gasteiger partial charge on any atom is -0.351 e. The monoisotopic (exact) mass is 342 g/mol. The number of hydrogen-bond acceptors (Lipinski definition) is 3. The quantitative estimate of drug-likeness (QED) is 0.713. The highest BCUT2D eigenvalue weighted by Gasteiger charge is 2.32. The Bertz CT molecular complexity index is 805. The van der Waals surface area contributed by atoms with Crippen LogP contribution >= 0.6 is 15.9 Å². The maximum atomic E-state index is 4.65. The molecule has 21 heavy (non-hydrogen) atoms. The topological polar surface area (TPSA) is 34.0 Å². The van der Waals surface area contributed by atoms with E-state index in [1.807, 2.05) is 24.4 Å². The van der Waals surface area contributed by atoms with E-state index < -0.39 is 0 Å². The van der Waals surface area contributed by atoms with Crippen LogP contribution in [0.25, 0.3) is 11.0 Å². The highest BCUT2D eigenvalue weighted by molar-refractivity contribution is 9.10. The number of imidazole rings is 1. The van der Waals surface area contributed by atoms with Crippen molar-refractivity contribution < 1.29 is 0 Å². The number of hydrogen-bond donors (Lipinski definition) is 0. The third-order valence-electron chi connectivity index (χ3n) is 4.04. The summed E-state index contributed by atoms with van der Waals surface area (Å²) in [6, 6.07) is 12.8. The molecular formula is C16H15BrN4. The lowest BCUT2D eigenvalue weighted by molar-refractivity contribution is 0.398. The molecule has 1 saturated heterocycles. The van der Waals surface area contributed by atoms with Crippen molar-refractivity contribution in [3.8, 4) is 0 Å². The number of nitrogens with zero attached hydrogens (tertiary/aromatic N) is 4. The van der Waals surface area contributed by atoms with E-state index in [9.17, 15) is 0 Å². The second kappa shape index (κ2) is 4.84. The van der Waals surface area contributed by atoms with Crippen molar-refractivity contribution in [2.75, 3.05) is 18.0 Å². The molecule has 3 aromatic rings. The highest BCUT2D eigenvalue weighted by atomic mass is 79.9. The van der Waals surface area contributed by atoms with Crippen LogP contribution in [-0.2, 0) is 0 Å². The van der Waals surface area contributed by atoms with Crippen LogP contribution in [0.3, 0.4) is 0 Å². The van der Waals surface area contributed by atoms with E-state index >= 15 is 0 Å². The Hall–Kier alpha value is -1.88. The van der Waals surface area contributed by atoms with Crippen LogP contribution in [-0.4, -0.2) is 27.6 Å². The van der Waals surface area contributed by atoms with E-state index in [1.54, 1.807) is 0 Å². The third kappa shape index (κ3) is 2.03. The first-order chi connectivity index (χ1) is 10.2. The molecule has 1 fully saturated rings. The molecule has 1 aromatic carbocycles. The normalized spacial score (nSPS) is 15.4. The molecule has 0 spiro atoms. The fourth-order valence-electron chi connectivity index (χ4n) is 3.03. The number of aromatic nitrogens is 3. The van der Waals surface area contributed by atoms with Crippen molar-refractivity contribution in [2.24, 2.45) is 0 Å². The molecule has 0 radical (unpaired) electrons. The van der Waals surface area contributed by atoms with Crippen LogP contribution in [0.1, 0.15) is 11.9 Å². The molecule has 5 heteroatoms. The summed E-state index contributed by atoms with van der Waals surface area (Å²) in [4.78, 5) is 11.4. The van der Waals surface area contributed by atoms with Gasteiger partial charge < -0.3 is 9.47 Å². The molecule has 3 heterocycles. The maximum Gasteiger partial charge on any atom is 0.142 e. The molecule has 0 atom stereocenters. The summed E-state index contributed by atoms with van der Waals surface area (Å²) in [5, 5.41) is 0. The molecule has 0 amide bonds.